The Morgan fingerprint density at radius 1 is 1.20 bits per heavy atom. The summed E-state index contributed by atoms with van der Waals surface area (Å²) in [6.07, 6.45) is 1.71. The second-order valence-electron chi connectivity index (χ2n) is 3.52. The van der Waals surface area contributed by atoms with Gasteiger partial charge in [0.2, 0.25) is 0 Å². The molecule has 3 heteroatoms. The summed E-state index contributed by atoms with van der Waals surface area (Å²) >= 11 is 3.40. The van der Waals surface area contributed by atoms with Crippen LogP contribution in [0.15, 0.2) is 45.5 Å². The first-order chi connectivity index (χ1) is 7.16. The Balaban J connectivity index is 2.28. The lowest BCUT2D eigenvalue weighted by atomic mass is 10.0. The zero-order valence-corrected chi connectivity index (χ0v) is 9.99. The van der Waals surface area contributed by atoms with E-state index in [-0.39, 0.29) is 6.04 Å². The molecule has 0 aliphatic rings. The fraction of sp³-hybridized carbons (Fsp3) is 0.167. The summed E-state index contributed by atoms with van der Waals surface area (Å²) < 4.78 is 6.30. The van der Waals surface area contributed by atoms with Crippen LogP contribution in [0.25, 0.3) is 0 Å². The fourth-order valence-corrected chi connectivity index (χ4v) is 1.75. The molecule has 1 unspecified atom stereocenters. The summed E-state index contributed by atoms with van der Waals surface area (Å²) in [7, 11) is 0. The van der Waals surface area contributed by atoms with Crippen molar-refractivity contribution in [3.05, 3.63) is 58.0 Å². The van der Waals surface area contributed by atoms with Crippen molar-refractivity contribution in [2.75, 3.05) is 0 Å². The molecule has 0 amide bonds. The van der Waals surface area contributed by atoms with Gasteiger partial charge < -0.3 is 10.2 Å². The van der Waals surface area contributed by atoms with Crippen LogP contribution >= 0.6 is 15.9 Å². The van der Waals surface area contributed by atoms with Gasteiger partial charge >= 0.3 is 0 Å². The smallest absolute Gasteiger partial charge is 0.101 e. The molecule has 1 heterocycles. The van der Waals surface area contributed by atoms with Crippen LogP contribution in [0.3, 0.4) is 0 Å². The first-order valence-electron chi connectivity index (χ1n) is 4.73. The van der Waals surface area contributed by atoms with Crippen LogP contribution in [-0.2, 0) is 0 Å². The van der Waals surface area contributed by atoms with Gasteiger partial charge in [-0.2, -0.15) is 0 Å². The predicted molar refractivity (Wildman–Crippen MR) is 63.6 cm³/mol. The van der Waals surface area contributed by atoms with E-state index in [1.165, 1.54) is 0 Å². The molecule has 0 fully saturated rings. The van der Waals surface area contributed by atoms with Gasteiger partial charge in [-0.15, -0.1) is 0 Å². The van der Waals surface area contributed by atoms with Crippen molar-refractivity contribution in [1.29, 1.82) is 0 Å². The quantitative estimate of drug-likeness (QED) is 0.904. The van der Waals surface area contributed by atoms with Crippen LogP contribution in [0.4, 0.5) is 0 Å². The van der Waals surface area contributed by atoms with Crippen molar-refractivity contribution in [3.8, 4) is 0 Å². The van der Waals surface area contributed by atoms with E-state index in [0.29, 0.717) is 0 Å². The number of aryl methyl sites for hydroxylation is 1. The summed E-state index contributed by atoms with van der Waals surface area (Å²) in [6.45, 7) is 1.91. The highest BCUT2D eigenvalue weighted by atomic mass is 79.9. The lowest BCUT2D eigenvalue weighted by Crippen LogP contribution is -2.10. The Labute approximate surface area is 97.2 Å². The molecule has 2 aromatic rings. The molecule has 15 heavy (non-hydrogen) atoms. The molecule has 0 bridgehead atoms. The molecule has 0 aliphatic heterocycles. The second-order valence-corrected chi connectivity index (χ2v) is 4.44. The van der Waals surface area contributed by atoms with Gasteiger partial charge in [-0.1, -0.05) is 28.1 Å². The van der Waals surface area contributed by atoms with Crippen LogP contribution < -0.4 is 5.73 Å². The van der Waals surface area contributed by atoms with Gasteiger partial charge in [0.05, 0.1) is 12.3 Å². The predicted octanol–water partition coefficient (Wildman–Crippen LogP) is 3.40. The molecule has 0 aliphatic carbocycles. The standard InChI is InChI=1S/C12H12BrNO/c1-8-6-10(7-15-8)12(14)9-2-4-11(13)5-3-9/h2-7,12H,14H2,1H3. The summed E-state index contributed by atoms with van der Waals surface area (Å²) in [5.41, 5.74) is 8.20. The van der Waals surface area contributed by atoms with Gasteiger partial charge in [0, 0.05) is 10.0 Å². The van der Waals surface area contributed by atoms with Crippen molar-refractivity contribution in [3.63, 3.8) is 0 Å². The molecule has 1 aromatic carbocycles. The molecule has 1 atom stereocenters. The molecule has 0 spiro atoms. The van der Waals surface area contributed by atoms with Gasteiger partial charge in [0.15, 0.2) is 0 Å². The lowest BCUT2D eigenvalue weighted by molar-refractivity contribution is 0.530. The van der Waals surface area contributed by atoms with E-state index in [1.54, 1.807) is 6.26 Å². The normalized spacial score (nSPS) is 12.7. The molecular weight excluding hydrogens is 254 g/mol. The SMILES string of the molecule is Cc1cc(C(N)c2ccc(Br)cc2)co1. The zero-order chi connectivity index (χ0) is 10.8. The third-order valence-corrected chi connectivity index (χ3v) is 2.87. The van der Waals surface area contributed by atoms with Gasteiger partial charge in [-0.05, 0) is 30.7 Å². The van der Waals surface area contributed by atoms with E-state index in [4.69, 9.17) is 10.2 Å². The van der Waals surface area contributed by atoms with Gasteiger partial charge in [0.1, 0.15) is 5.76 Å². The van der Waals surface area contributed by atoms with Crippen LogP contribution in [0.5, 0.6) is 0 Å². The maximum Gasteiger partial charge on any atom is 0.101 e. The molecule has 0 saturated carbocycles. The van der Waals surface area contributed by atoms with Crippen LogP contribution in [0.2, 0.25) is 0 Å². The minimum Gasteiger partial charge on any atom is -0.469 e. The van der Waals surface area contributed by atoms with E-state index in [0.717, 1.165) is 21.4 Å². The molecule has 2 N–H and O–H groups in total. The van der Waals surface area contributed by atoms with Gasteiger partial charge in [-0.3, -0.25) is 0 Å². The monoisotopic (exact) mass is 265 g/mol. The maximum absolute atomic E-state index is 6.10. The molecule has 0 radical (unpaired) electrons. The van der Waals surface area contributed by atoms with Gasteiger partial charge in [0.25, 0.3) is 0 Å². The number of nitrogens with two attached hydrogens (primary N) is 1. The Morgan fingerprint density at radius 3 is 2.40 bits per heavy atom. The number of furan rings is 1. The summed E-state index contributed by atoms with van der Waals surface area (Å²) in [5, 5.41) is 0. The van der Waals surface area contributed by atoms with E-state index in [1.807, 2.05) is 37.3 Å². The number of benzene rings is 1. The third-order valence-electron chi connectivity index (χ3n) is 2.34. The Morgan fingerprint density at radius 2 is 1.87 bits per heavy atom. The first-order valence-corrected chi connectivity index (χ1v) is 5.52. The average Bonchev–Trinajstić information content (AvgIpc) is 2.65. The highest BCUT2D eigenvalue weighted by Crippen LogP contribution is 2.22. The van der Waals surface area contributed by atoms with Crippen LogP contribution in [0.1, 0.15) is 22.9 Å². The molecule has 0 saturated heterocycles. The summed E-state index contributed by atoms with van der Waals surface area (Å²) in [6, 6.07) is 9.85. The number of rotatable bonds is 2. The molecule has 2 nitrogen and oxygen atoms in total. The lowest BCUT2D eigenvalue weighted by Gasteiger charge is -2.09. The zero-order valence-electron chi connectivity index (χ0n) is 8.41. The molecule has 1 aromatic heterocycles. The van der Waals surface area contributed by atoms with Crippen molar-refractivity contribution in [2.45, 2.75) is 13.0 Å². The number of hydrogen-bond donors (Lipinski definition) is 1. The van der Waals surface area contributed by atoms with Crippen LogP contribution in [0, 0.1) is 6.92 Å². The molecule has 2 rings (SSSR count). The van der Waals surface area contributed by atoms with Crippen molar-refractivity contribution in [2.24, 2.45) is 5.73 Å². The second kappa shape index (κ2) is 4.21. The van der Waals surface area contributed by atoms with E-state index in [2.05, 4.69) is 15.9 Å². The maximum atomic E-state index is 6.10. The minimum absolute atomic E-state index is 0.115. The van der Waals surface area contributed by atoms with Crippen molar-refractivity contribution >= 4 is 15.9 Å². The number of hydrogen-bond acceptors (Lipinski definition) is 2. The number of halogens is 1. The van der Waals surface area contributed by atoms with E-state index < -0.39 is 0 Å². The highest BCUT2D eigenvalue weighted by molar-refractivity contribution is 9.10. The van der Waals surface area contributed by atoms with Crippen LogP contribution in [-0.4, -0.2) is 0 Å². The Kier molecular flexibility index (Phi) is 2.93. The third kappa shape index (κ3) is 2.30. The van der Waals surface area contributed by atoms with Gasteiger partial charge in [-0.25, -0.2) is 0 Å². The first kappa shape index (κ1) is 10.5. The topological polar surface area (TPSA) is 39.2 Å². The van der Waals surface area contributed by atoms with Crippen molar-refractivity contribution < 1.29 is 4.42 Å². The molecule has 78 valence electrons. The fourth-order valence-electron chi connectivity index (χ4n) is 1.49. The Bertz CT molecular complexity index is 447. The largest absolute Gasteiger partial charge is 0.469 e. The minimum atomic E-state index is -0.115. The Hall–Kier alpha value is -1.06. The molecular formula is C12H12BrNO. The average molecular weight is 266 g/mol. The highest BCUT2D eigenvalue weighted by Gasteiger charge is 2.10. The summed E-state index contributed by atoms with van der Waals surface area (Å²) in [4.78, 5) is 0. The van der Waals surface area contributed by atoms with Crippen molar-refractivity contribution in [1.82, 2.24) is 0 Å². The summed E-state index contributed by atoms with van der Waals surface area (Å²) in [5.74, 6) is 0.887. The van der Waals surface area contributed by atoms with E-state index in [9.17, 15) is 0 Å². The van der Waals surface area contributed by atoms with E-state index >= 15 is 0 Å².